The highest BCUT2D eigenvalue weighted by atomic mass is 35.5. The maximum Gasteiger partial charge on any atom is 0.397 e. The molecule has 20 heteroatoms. The summed E-state index contributed by atoms with van der Waals surface area (Å²) in [6.07, 6.45) is 0. The normalized spacial score (nSPS) is 12.3. The summed E-state index contributed by atoms with van der Waals surface area (Å²) in [5, 5.41) is 32.0. The zero-order valence-corrected chi connectivity index (χ0v) is 23.2. The largest absolute Gasteiger partial charge is 0.397 e. The van der Waals surface area contributed by atoms with E-state index in [1.165, 1.54) is 24.3 Å². The quantitative estimate of drug-likeness (QED) is 0.0522. The fourth-order valence-electron chi connectivity index (χ4n) is 2.75. The number of benzene rings is 2. The number of nitrogens with zero attached hydrogens (tertiary/aromatic N) is 3. The average Bonchev–Trinajstić information content (AvgIpc) is 2.86. The standard InChI is InChI=1S/C18H22ClN3O12S4/c19-17-13-15(22(7-10-35-33-31-23)8-11-36-34-32-24)3-6-18(17)21-20-14-1-4-16(5-2-14)37(25,26)12-9-30-38(27,28)29/h1-6,13,23-24H,7-12H2,(H,27,28,29). The van der Waals surface area contributed by atoms with E-state index in [0.29, 0.717) is 36.0 Å². The predicted octanol–water partition coefficient (Wildman–Crippen LogP) is 4.29. The van der Waals surface area contributed by atoms with Gasteiger partial charge in [-0.25, -0.2) is 23.1 Å². The molecule has 0 bridgehead atoms. The van der Waals surface area contributed by atoms with Crippen molar-refractivity contribution in [1.82, 2.24) is 0 Å². The van der Waals surface area contributed by atoms with E-state index in [2.05, 4.69) is 33.2 Å². The van der Waals surface area contributed by atoms with Crippen LogP contribution in [0.1, 0.15) is 0 Å². The zero-order valence-electron chi connectivity index (χ0n) is 19.2. The Labute approximate surface area is 231 Å². The van der Waals surface area contributed by atoms with E-state index >= 15 is 0 Å². The molecule has 0 spiro atoms. The Morgan fingerprint density at radius 3 is 2.03 bits per heavy atom. The number of halogens is 1. The summed E-state index contributed by atoms with van der Waals surface area (Å²) in [5.41, 5.74) is 1.39. The van der Waals surface area contributed by atoms with Crippen molar-refractivity contribution in [3.8, 4) is 0 Å². The smallest absolute Gasteiger partial charge is 0.370 e. The van der Waals surface area contributed by atoms with Gasteiger partial charge in [0.05, 0.1) is 28.0 Å². The van der Waals surface area contributed by atoms with E-state index in [1.54, 1.807) is 18.2 Å². The van der Waals surface area contributed by atoms with Crippen molar-refractivity contribution >= 4 is 73.0 Å². The van der Waals surface area contributed by atoms with Crippen LogP contribution in [0.5, 0.6) is 0 Å². The molecule has 0 aliphatic rings. The first-order valence-electron chi connectivity index (χ1n) is 10.2. The Balaban J connectivity index is 2.06. The van der Waals surface area contributed by atoms with Crippen LogP contribution in [-0.4, -0.2) is 68.9 Å². The summed E-state index contributed by atoms with van der Waals surface area (Å²) in [7, 11) is -8.60. The first kappa shape index (κ1) is 32.6. The Morgan fingerprint density at radius 2 is 1.50 bits per heavy atom. The molecule has 0 heterocycles. The van der Waals surface area contributed by atoms with Crippen LogP contribution >= 0.6 is 35.7 Å². The lowest BCUT2D eigenvalue weighted by molar-refractivity contribution is -0.432. The van der Waals surface area contributed by atoms with E-state index in [9.17, 15) is 16.8 Å². The third-order valence-electron chi connectivity index (χ3n) is 4.40. The highest BCUT2D eigenvalue weighted by Crippen LogP contribution is 2.31. The minimum atomic E-state index is -4.74. The third-order valence-corrected chi connectivity index (χ3v) is 7.87. The molecule has 38 heavy (non-hydrogen) atoms. The van der Waals surface area contributed by atoms with Crippen LogP contribution in [0.15, 0.2) is 57.6 Å². The first-order chi connectivity index (χ1) is 18.1. The second-order valence-electron chi connectivity index (χ2n) is 6.81. The second-order valence-corrected chi connectivity index (χ2v) is 12.0. The minimum absolute atomic E-state index is 0.0962. The van der Waals surface area contributed by atoms with Crippen LogP contribution in [0.2, 0.25) is 5.02 Å². The molecule has 212 valence electrons. The number of anilines is 1. The van der Waals surface area contributed by atoms with E-state index in [0.717, 1.165) is 29.8 Å². The number of hydrogen-bond donors (Lipinski definition) is 3. The lowest BCUT2D eigenvalue weighted by atomic mass is 10.2. The van der Waals surface area contributed by atoms with Crippen LogP contribution in [-0.2, 0) is 43.2 Å². The highest BCUT2D eigenvalue weighted by Gasteiger charge is 2.16. The monoisotopic (exact) mass is 635 g/mol. The van der Waals surface area contributed by atoms with E-state index in [4.69, 9.17) is 26.7 Å². The van der Waals surface area contributed by atoms with Gasteiger partial charge in [0.1, 0.15) is 5.69 Å². The third kappa shape index (κ3) is 12.1. The van der Waals surface area contributed by atoms with E-state index < -0.39 is 32.6 Å². The van der Waals surface area contributed by atoms with Gasteiger partial charge in [-0.2, -0.15) is 13.5 Å². The maximum absolute atomic E-state index is 12.3. The Morgan fingerprint density at radius 1 is 0.895 bits per heavy atom. The molecule has 3 N–H and O–H groups in total. The van der Waals surface area contributed by atoms with Crippen LogP contribution in [0.3, 0.4) is 0 Å². The van der Waals surface area contributed by atoms with Crippen LogP contribution in [0.25, 0.3) is 0 Å². The van der Waals surface area contributed by atoms with Gasteiger partial charge in [0.15, 0.2) is 9.84 Å². The fourth-order valence-corrected chi connectivity index (χ4v) is 5.26. The number of rotatable bonds is 18. The molecule has 0 aromatic heterocycles. The Hall–Kier alpha value is -1.59. The van der Waals surface area contributed by atoms with Crippen molar-refractivity contribution in [3.05, 3.63) is 47.5 Å². The van der Waals surface area contributed by atoms with Crippen LogP contribution in [0.4, 0.5) is 17.1 Å². The van der Waals surface area contributed by atoms with Crippen LogP contribution in [0, 0.1) is 0 Å². The molecule has 0 fully saturated rings. The summed E-state index contributed by atoms with van der Waals surface area (Å²) in [6.45, 7) is 0.188. The second kappa shape index (κ2) is 16.5. The van der Waals surface area contributed by atoms with Gasteiger partial charge in [-0.15, -0.1) is 13.8 Å². The number of sulfone groups is 1. The van der Waals surface area contributed by atoms with Gasteiger partial charge in [-0.3, -0.25) is 4.55 Å². The van der Waals surface area contributed by atoms with Gasteiger partial charge in [-0.05, 0) is 42.5 Å². The summed E-state index contributed by atoms with van der Waals surface area (Å²) in [4.78, 5) is 1.81. The molecule has 15 nitrogen and oxygen atoms in total. The lowest BCUT2D eigenvalue weighted by Gasteiger charge is -2.24. The molecule has 2 rings (SSSR count). The topological polar surface area (TPSA) is 203 Å². The van der Waals surface area contributed by atoms with E-state index in [-0.39, 0.29) is 9.92 Å². The number of azo groups is 1. The molecule has 0 amide bonds. The molecule has 0 saturated carbocycles. The summed E-state index contributed by atoms with van der Waals surface area (Å²) < 4.78 is 67.0. The molecule has 0 atom stereocenters. The zero-order chi connectivity index (χ0) is 28.0. The molecule has 0 aliphatic heterocycles. The molecular formula is C18H22ClN3O12S4. The minimum Gasteiger partial charge on any atom is -0.370 e. The first-order valence-corrected chi connectivity index (χ1v) is 15.4. The maximum atomic E-state index is 12.3. The SMILES string of the molecule is O=S(=O)(O)OCCS(=O)(=O)c1ccc(N=Nc2ccc(N(CCSOOO)CCSOOO)cc2Cl)cc1. The lowest BCUT2D eigenvalue weighted by Crippen LogP contribution is -2.28. The van der Waals surface area contributed by atoms with Crippen LogP contribution < -0.4 is 4.90 Å². The summed E-state index contributed by atoms with van der Waals surface area (Å²) in [6, 6.07) is 10.4. The summed E-state index contributed by atoms with van der Waals surface area (Å²) >= 11 is 8.13. The molecule has 0 saturated heterocycles. The fraction of sp³-hybridized carbons (Fsp3) is 0.333. The van der Waals surface area contributed by atoms with E-state index in [1.807, 2.05) is 4.90 Å². The van der Waals surface area contributed by atoms with Gasteiger partial charge in [0.2, 0.25) is 0 Å². The van der Waals surface area contributed by atoms with Crippen molar-refractivity contribution < 1.29 is 54.8 Å². The van der Waals surface area contributed by atoms with Crippen molar-refractivity contribution in [2.75, 3.05) is 41.9 Å². The van der Waals surface area contributed by atoms with Gasteiger partial charge < -0.3 is 4.90 Å². The average molecular weight is 636 g/mol. The Kier molecular flexibility index (Phi) is 14.2. The highest BCUT2D eigenvalue weighted by molar-refractivity contribution is 7.94. The van der Waals surface area contributed by atoms with Gasteiger partial charge in [0.25, 0.3) is 0 Å². The van der Waals surface area contributed by atoms with Gasteiger partial charge in [-0.1, -0.05) is 21.7 Å². The van der Waals surface area contributed by atoms with Crippen molar-refractivity contribution in [1.29, 1.82) is 0 Å². The number of hydrogen-bond acceptors (Lipinski definition) is 16. The summed E-state index contributed by atoms with van der Waals surface area (Å²) in [5.74, 6) is 0.177. The molecule has 2 aromatic carbocycles. The molecule has 2 aromatic rings. The predicted molar refractivity (Wildman–Crippen MR) is 138 cm³/mol. The Bertz CT molecular complexity index is 1240. The molecular weight excluding hydrogens is 614 g/mol. The van der Waals surface area contributed by atoms with Gasteiger partial charge in [0, 0.05) is 54.4 Å². The molecule has 0 aliphatic carbocycles. The molecule has 0 unspecified atom stereocenters. The molecule has 0 radical (unpaired) electrons. The van der Waals surface area contributed by atoms with Crippen molar-refractivity contribution in [2.24, 2.45) is 10.2 Å². The van der Waals surface area contributed by atoms with Crippen molar-refractivity contribution in [2.45, 2.75) is 4.90 Å². The van der Waals surface area contributed by atoms with Gasteiger partial charge >= 0.3 is 10.4 Å². The van der Waals surface area contributed by atoms with Crippen molar-refractivity contribution in [3.63, 3.8) is 0 Å².